The summed E-state index contributed by atoms with van der Waals surface area (Å²) < 4.78 is 5.51. The van der Waals surface area contributed by atoms with Crippen LogP contribution in [0.5, 0.6) is 0 Å². The lowest BCUT2D eigenvalue weighted by Gasteiger charge is -2.30. The molecule has 0 unspecified atom stereocenters. The first kappa shape index (κ1) is 18.0. The van der Waals surface area contributed by atoms with E-state index >= 15 is 0 Å². The van der Waals surface area contributed by atoms with Crippen LogP contribution in [0.3, 0.4) is 0 Å². The van der Waals surface area contributed by atoms with Crippen LogP contribution in [0.4, 0.5) is 0 Å². The number of carbonyl (C=O) groups is 1. The van der Waals surface area contributed by atoms with Gasteiger partial charge in [-0.25, -0.2) is 0 Å². The molecule has 1 spiro atoms. The summed E-state index contributed by atoms with van der Waals surface area (Å²) in [6.07, 6.45) is 3.97. The Balaban J connectivity index is 1.37. The van der Waals surface area contributed by atoms with Crippen LogP contribution in [0.1, 0.15) is 30.9 Å². The molecule has 142 valence electrons. The van der Waals surface area contributed by atoms with Crippen molar-refractivity contribution >= 4 is 5.91 Å². The monoisotopic (exact) mass is 356 g/mol. The second-order valence-corrected chi connectivity index (χ2v) is 8.65. The summed E-state index contributed by atoms with van der Waals surface area (Å²) in [5.74, 6) is 1.41. The average Bonchev–Trinajstić information content (AvgIpc) is 3.33. The van der Waals surface area contributed by atoms with Gasteiger partial charge in [0.1, 0.15) is 0 Å². The highest BCUT2D eigenvalue weighted by atomic mass is 16.5. The molecule has 2 saturated heterocycles. The molecular weight excluding hydrogens is 324 g/mol. The van der Waals surface area contributed by atoms with Crippen molar-refractivity contribution in [1.82, 2.24) is 9.80 Å². The molecule has 1 aliphatic carbocycles. The Hall–Kier alpha value is -1.39. The minimum Gasteiger partial charge on any atom is -0.384 e. The van der Waals surface area contributed by atoms with Crippen LogP contribution in [0.25, 0.3) is 0 Å². The number of hydrogen-bond acceptors (Lipinski definition) is 3. The third-order valence-corrected chi connectivity index (χ3v) is 7.04. The number of rotatable bonds is 5. The van der Waals surface area contributed by atoms with E-state index in [1.165, 1.54) is 11.1 Å². The lowest BCUT2D eigenvalue weighted by atomic mass is 9.77. The number of amides is 1. The number of benzene rings is 1. The van der Waals surface area contributed by atoms with Crippen LogP contribution in [0.2, 0.25) is 0 Å². The van der Waals surface area contributed by atoms with Crippen LogP contribution < -0.4 is 0 Å². The minimum absolute atomic E-state index is 0.250. The van der Waals surface area contributed by atoms with Crippen LogP contribution >= 0.6 is 0 Å². The number of hydrogen-bond donors (Lipinski definition) is 0. The normalized spacial score (nSPS) is 29.0. The minimum atomic E-state index is 0.250. The van der Waals surface area contributed by atoms with E-state index in [2.05, 4.69) is 41.0 Å². The van der Waals surface area contributed by atoms with E-state index < -0.39 is 0 Å². The summed E-state index contributed by atoms with van der Waals surface area (Å²) >= 11 is 0. The number of methoxy groups -OCH3 is 1. The molecule has 2 aliphatic heterocycles. The molecule has 0 saturated carbocycles. The zero-order chi connectivity index (χ0) is 18.1. The van der Waals surface area contributed by atoms with Gasteiger partial charge in [-0.2, -0.15) is 0 Å². The highest BCUT2D eigenvalue weighted by molar-refractivity contribution is 5.77. The molecule has 1 aromatic rings. The van der Waals surface area contributed by atoms with Crippen molar-refractivity contribution in [2.24, 2.45) is 17.3 Å². The Morgan fingerprint density at radius 1 is 1.23 bits per heavy atom. The molecule has 4 heteroatoms. The van der Waals surface area contributed by atoms with E-state index in [-0.39, 0.29) is 5.41 Å². The molecule has 1 aromatic carbocycles. The van der Waals surface area contributed by atoms with Gasteiger partial charge in [-0.3, -0.25) is 4.79 Å². The fraction of sp³-hybridized carbons (Fsp3) is 0.682. The second kappa shape index (κ2) is 7.32. The Morgan fingerprint density at radius 3 is 2.62 bits per heavy atom. The largest absolute Gasteiger partial charge is 0.384 e. The van der Waals surface area contributed by atoms with E-state index in [9.17, 15) is 4.79 Å². The first-order chi connectivity index (χ1) is 12.6. The van der Waals surface area contributed by atoms with Crippen molar-refractivity contribution in [2.75, 3.05) is 46.4 Å². The zero-order valence-electron chi connectivity index (χ0n) is 16.2. The number of carbonyl (C=O) groups excluding carboxylic acids is 1. The summed E-state index contributed by atoms with van der Waals surface area (Å²) in [5.41, 5.74) is 3.14. The molecule has 0 bridgehead atoms. The Morgan fingerprint density at radius 2 is 1.96 bits per heavy atom. The van der Waals surface area contributed by atoms with Crippen molar-refractivity contribution in [2.45, 2.75) is 32.6 Å². The quantitative estimate of drug-likeness (QED) is 0.813. The maximum Gasteiger partial charge on any atom is 0.222 e. The summed E-state index contributed by atoms with van der Waals surface area (Å²) in [6, 6.07) is 8.67. The predicted molar refractivity (Wildman–Crippen MR) is 103 cm³/mol. The lowest BCUT2D eigenvalue weighted by molar-refractivity contribution is -0.131. The molecule has 0 N–H and O–H groups in total. The number of likely N-dealkylation sites (tertiary alicyclic amines) is 2. The highest BCUT2D eigenvalue weighted by Crippen LogP contribution is 2.44. The van der Waals surface area contributed by atoms with Gasteiger partial charge < -0.3 is 14.5 Å². The predicted octanol–water partition coefficient (Wildman–Crippen LogP) is 2.61. The molecule has 2 heterocycles. The topological polar surface area (TPSA) is 32.8 Å². The summed E-state index contributed by atoms with van der Waals surface area (Å²) in [4.78, 5) is 17.7. The fourth-order valence-electron chi connectivity index (χ4n) is 5.56. The number of fused-ring (bicyclic) bond motifs is 1. The van der Waals surface area contributed by atoms with E-state index in [4.69, 9.17) is 4.74 Å². The van der Waals surface area contributed by atoms with Crippen LogP contribution in [-0.2, 0) is 22.4 Å². The van der Waals surface area contributed by atoms with E-state index in [1.54, 1.807) is 7.11 Å². The molecule has 4 nitrogen and oxygen atoms in total. The highest BCUT2D eigenvalue weighted by Gasteiger charge is 2.50. The van der Waals surface area contributed by atoms with Gasteiger partial charge in [-0.1, -0.05) is 31.2 Å². The summed E-state index contributed by atoms with van der Waals surface area (Å²) in [6.45, 7) is 8.23. The summed E-state index contributed by atoms with van der Waals surface area (Å²) in [7, 11) is 1.80. The van der Waals surface area contributed by atoms with Crippen LogP contribution in [0.15, 0.2) is 24.3 Å². The van der Waals surface area contributed by atoms with Gasteiger partial charge in [0.25, 0.3) is 0 Å². The molecule has 4 rings (SSSR count). The van der Waals surface area contributed by atoms with Gasteiger partial charge in [0.05, 0.1) is 6.61 Å². The number of ether oxygens (including phenoxy) is 1. The second-order valence-electron chi connectivity index (χ2n) is 8.65. The van der Waals surface area contributed by atoms with Crippen molar-refractivity contribution in [3.8, 4) is 0 Å². The molecule has 3 aliphatic rings. The third kappa shape index (κ3) is 3.29. The first-order valence-corrected chi connectivity index (χ1v) is 10.2. The lowest BCUT2D eigenvalue weighted by Crippen LogP contribution is -2.38. The Labute approximate surface area is 157 Å². The summed E-state index contributed by atoms with van der Waals surface area (Å²) in [5, 5.41) is 0. The first-order valence-electron chi connectivity index (χ1n) is 10.2. The van der Waals surface area contributed by atoms with Gasteiger partial charge in [0.15, 0.2) is 0 Å². The fourth-order valence-corrected chi connectivity index (χ4v) is 5.56. The van der Waals surface area contributed by atoms with Gasteiger partial charge in [0, 0.05) is 51.0 Å². The van der Waals surface area contributed by atoms with Crippen molar-refractivity contribution < 1.29 is 9.53 Å². The van der Waals surface area contributed by atoms with Crippen molar-refractivity contribution in [3.63, 3.8) is 0 Å². The standard InChI is InChI=1S/C22H32N2O2/c1-3-23-13-20(14-26-2)22(15-23)8-9-24(16-22)21(25)12-17-10-18-6-4-5-7-19(18)11-17/h4-7,17,20H,3,8-16H2,1-2H3/t20-,22-/m1/s1. The van der Waals surface area contributed by atoms with Gasteiger partial charge in [-0.15, -0.1) is 0 Å². The van der Waals surface area contributed by atoms with Gasteiger partial charge >= 0.3 is 0 Å². The van der Waals surface area contributed by atoms with Crippen LogP contribution in [0, 0.1) is 17.3 Å². The van der Waals surface area contributed by atoms with Crippen LogP contribution in [-0.4, -0.2) is 62.1 Å². The number of nitrogens with zero attached hydrogens (tertiary/aromatic N) is 2. The molecule has 0 radical (unpaired) electrons. The molecule has 1 amide bonds. The SMILES string of the molecule is CCN1C[C@H](COC)[C@]2(CCN(C(=O)CC3Cc4ccccc4C3)C2)C1. The Bertz CT molecular complexity index is 636. The smallest absolute Gasteiger partial charge is 0.222 e. The molecule has 0 aromatic heterocycles. The van der Waals surface area contributed by atoms with Gasteiger partial charge in [0.2, 0.25) is 5.91 Å². The van der Waals surface area contributed by atoms with E-state index in [1.807, 2.05) is 0 Å². The maximum absolute atomic E-state index is 13.0. The zero-order valence-corrected chi connectivity index (χ0v) is 16.2. The molecular formula is C22H32N2O2. The van der Waals surface area contributed by atoms with Gasteiger partial charge in [-0.05, 0) is 42.9 Å². The third-order valence-electron chi connectivity index (χ3n) is 7.04. The Kier molecular flexibility index (Phi) is 5.07. The van der Waals surface area contributed by atoms with Crippen molar-refractivity contribution in [1.29, 1.82) is 0 Å². The van der Waals surface area contributed by atoms with E-state index in [0.717, 1.165) is 58.6 Å². The molecule has 2 atom stereocenters. The molecule has 26 heavy (non-hydrogen) atoms. The van der Waals surface area contributed by atoms with E-state index in [0.29, 0.717) is 24.2 Å². The average molecular weight is 357 g/mol. The van der Waals surface area contributed by atoms with Crippen molar-refractivity contribution in [3.05, 3.63) is 35.4 Å². The molecule has 2 fully saturated rings. The maximum atomic E-state index is 13.0.